The lowest BCUT2D eigenvalue weighted by molar-refractivity contribution is -0.136. The maximum atomic E-state index is 10.6. The van der Waals surface area contributed by atoms with Crippen molar-refractivity contribution in [2.24, 2.45) is 0 Å². The number of carbonyl (C=O) groups is 1. The van der Waals surface area contributed by atoms with Crippen LogP contribution in [-0.4, -0.2) is 23.2 Å². The van der Waals surface area contributed by atoms with Crippen molar-refractivity contribution in [1.29, 1.82) is 0 Å². The van der Waals surface area contributed by atoms with E-state index in [1.54, 1.807) is 7.11 Å². The van der Waals surface area contributed by atoms with Crippen LogP contribution in [0.1, 0.15) is 22.5 Å². The van der Waals surface area contributed by atoms with Crippen molar-refractivity contribution in [1.82, 2.24) is 4.98 Å². The largest absolute Gasteiger partial charge is 0.481 e. The first-order valence-electron chi connectivity index (χ1n) is 4.35. The summed E-state index contributed by atoms with van der Waals surface area (Å²) in [5.74, 6) is -0.813. The van der Waals surface area contributed by atoms with E-state index >= 15 is 0 Å². The fourth-order valence-electron chi connectivity index (χ4n) is 1.17. The Labute approximate surface area is 86.6 Å². The summed E-state index contributed by atoms with van der Waals surface area (Å²) in [6, 6.07) is 0. The molecule has 0 aliphatic carbocycles. The van der Waals surface area contributed by atoms with Gasteiger partial charge in [0.1, 0.15) is 5.01 Å². The molecule has 0 aliphatic rings. The van der Waals surface area contributed by atoms with Gasteiger partial charge >= 0.3 is 5.97 Å². The van der Waals surface area contributed by atoms with E-state index in [2.05, 4.69) is 4.98 Å². The van der Waals surface area contributed by atoms with Crippen LogP contribution >= 0.6 is 11.3 Å². The molecule has 0 aromatic carbocycles. The average molecular weight is 215 g/mol. The standard InChI is InChI=1S/C9H13NO3S/c1-3-6-7(4-9(11)12)14-8(10-6)5-13-2/h3-5H2,1-2H3,(H,11,12). The van der Waals surface area contributed by atoms with E-state index in [-0.39, 0.29) is 6.42 Å². The molecule has 0 unspecified atom stereocenters. The lowest BCUT2D eigenvalue weighted by Gasteiger charge is -1.93. The molecule has 0 saturated heterocycles. The van der Waals surface area contributed by atoms with Crippen LogP contribution in [0, 0.1) is 0 Å². The second-order valence-electron chi connectivity index (χ2n) is 2.83. The van der Waals surface area contributed by atoms with E-state index in [0.717, 1.165) is 22.0 Å². The van der Waals surface area contributed by atoms with Gasteiger partial charge in [0.15, 0.2) is 0 Å². The Hall–Kier alpha value is -0.940. The molecule has 0 radical (unpaired) electrons. The van der Waals surface area contributed by atoms with Crippen molar-refractivity contribution in [3.8, 4) is 0 Å². The van der Waals surface area contributed by atoms with Gasteiger partial charge in [-0.25, -0.2) is 4.98 Å². The van der Waals surface area contributed by atoms with Gasteiger partial charge in [-0.1, -0.05) is 6.92 Å². The number of thiazole rings is 1. The van der Waals surface area contributed by atoms with Crippen molar-refractivity contribution >= 4 is 17.3 Å². The van der Waals surface area contributed by atoms with Crippen molar-refractivity contribution in [2.45, 2.75) is 26.4 Å². The minimum atomic E-state index is -0.813. The molecule has 1 N–H and O–H groups in total. The van der Waals surface area contributed by atoms with Crippen LogP contribution in [0.3, 0.4) is 0 Å². The third-order valence-corrected chi connectivity index (χ3v) is 2.81. The smallest absolute Gasteiger partial charge is 0.308 e. The van der Waals surface area contributed by atoms with Crippen LogP contribution in [0.15, 0.2) is 0 Å². The predicted octanol–water partition coefficient (Wildman–Crippen LogP) is 1.48. The number of methoxy groups -OCH3 is 1. The first-order chi connectivity index (χ1) is 6.67. The SMILES string of the molecule is CCc1nc(COC)sc1CC(=O)O. The molecule has 0 spiro atoms. The number of aryl methyl sites for hydroxylation is 1. The minimum absolute atomic E-state index is 0.0601. The molecule has 5 heteroatoms. The molecular weight excluding hydrogens is 202 g/mol. The topological polar surface area (TPSA) is 59.4 Å². The van der Waals surface area contributed by atoms with Gasteiger partial charge in [-0.15, -0.1) is 11.3 Å². The summed E-state index contributed by atoms with van der Waals surface area (Å²) in [5.41, 5.74) is 0.879. The van der Waals surface area contributed by atoms with Crippen LogP contribution in [0.2, 0.25) is 0 Å². The molecule has 0 bridgehead atoms. The van der Waals surface area contributed by atoms with Gasteiger partial charge in [-0.2, -0.15) is 0 Å². The summed E-state index contributed by atoms with van der Waals surface area (Å²) >= 11 is 1.42. The third-order valence-electron chi connectivity index (χ3n) is 1.74. The number of ether oxygens (including phenoxy) is 1. The van der Waals surface area contributed by atoms with Gasteiger partial charge in [0.25, 0.3) is 0 Å². The van der Waals surface area contributed by atoms with E-state index in [9.17, 15) is 4.79 Å². The number of rotatable bonds is 5. The summed E-state index contributed by atoms with van der Waals surface area (Å²) in [6.45, 7) is 2.42. The quantitative estimate of drug-likeness (QED) is 0.808. The summed E-state index contributed by atoms with van der Waals surface area (Å²) in [6.07, 6.45) is 0.827. The Balaban J connectivity index is 2.84. The maximum absolute atomic E-state index is 10.6. The number of carboxylic acids is 1. The van der Waals surface area contributed by atoms with Crippen molar-refractivity contribution < 1.29 is 14.6 Å². The van der Waals surface area contributed by atoms with Crippen molar-refractivity contribution in [3.05, 3.63) is 15.6 Å². The second-order valence-corrected chi connectivity index (χ2v) is 4.00. The first-order valence-corrected chi connectivity index (χ1v) is 5.17. The number of hydrogen-bond donors (Lipinski definition) is 1. The zero-order valence-corrected chi connectivity index (χ0v) is 9.06. The molecule has 0 atom stereocenters. The van der Waals surface area contributed by atoms with Gasteiger partial charge in [0.05, 0.1) is 18.7 Å². The predicted molar refractivity (Wildman–Crippen MR) is 53.5 cm³/mol. The molecule has 1 heterocycles. The Morgan fingerprint density at radius 1 is 1.64 bits per heavy atom. The summed E-state index contributed by atoms with van der Waals surface area (Å²) in [5, 5.41) is 9.52. The zero-order chi connectivity index (χ0) is 10.6. The number of aliphatic carboxylic acids is 1. The Bertz CT molecular complexity index is 322. The highest BCUT2D eigenvalue weighted by Crippen LogP contribution is 2.20. The van der Waals surface area contributed by atoms with Crippen LogP contribution < -0.4 is 0 Å². The number of carboxylic acid groups (broad SMARTS) is 1. The number of nitrogens with zero attached hydrogens (tertiary/aromatic N) is 1. The van der Waals surface area contributed by atoms with E-state index in [4.69, 9.17) is 9.84 Å². The van der Waals surface area contributed by atoms with Gasteiger partial charge < -0.3 is 9.84 Å². The normalized spacial score (nSPS) is 10.4. The van der Waals surface area contributed by atoms with E-state index in [0.29, 0.717) is 6.61 Å². The molecule has 14 heavy (non-hydrogen) atoms. The van der Waals surface area contributed by atoms with E-state index in [1.807, 2.05) is 6.92 Å². The molecule has 0 saturated carbocycles. The molecule has 0 fully saturated rings. The Kier molecular flexibility index (Phi) is 4.03. The highest BCUT2D eigenvalue weighted by atomic mass is 32.1. The summed E-state index contributed by atoms with van der Waals surface area (Å²) in [7, 11) is 1.60. The zero-order valence-electron chi connectivity index (χ0n) is 8.24. The average Bonchev–Trinajstić information content (AvgIpc) is 2.47. The van der Waals surface area contributed by atoms with Gasteiger partial charge in [-0.05, 0) is 6.42 Å². The van der Waals surface area contributed by atoms with Gasteiger partial charge in [0, 0.05) is 12.0 Å². The van der Waals surface area contributed by atoms with Crippen LogP contribution in [0.25, 0.3) is 0 Å². The third kappa shape index (κ3) is 2.78. The fourth-order valence-corrected chi connectivity index (χ4v) is 2.29. The van der Waals surface area contributed by atoms with Crippen molar-refractivity contribution in [3.63, 3.8) is 0 Å². The lowest BCUT2D eigenvalue weighted by Crippen LogP contribution is -2.00. The molecule has 0 amide bonds. The van der Waals surface area contributed by atoms with Crippen molar-refractivity contribution in [2.75, 3.05) is 7.11 Å². The molecule has 78 valence electrons. The fraction of sp³-hybridized carbons (Fsp3) is 0.556. The maximum Gasteiger partial charge on any atom is 0.308 e. The van der Waals surface area contributed by atoms with Crippen LogP contribution in [0.5, 0.6) is 0 Å². The second kappa shape index (κ2) is 5.07. The van der Waals surface area contributed by atoms with Crippen LogP contribution in [0.4, 0.5) is 0 Å². The summed E-state index contributed by atoms with van der Waals surface area (Å²) < 4.78 is 4.95. The molecule has 0 aliphatic heterocycles. The highest BCUT2D eigenvalue weighted by Gasteiger charge is 2.12. The molecular formula is C9H13NO3S. The van der Waals surface area contributed by atoms with E-state index < -0.39 is 5.97 Å². The Morgan fingerprint density at radius 2 is 2.36 bits per heavy atom. The first kappa shape index (κ1) is 11.1. The highest BCUT2D eigenvalue weighted by molar-refractivity contribution is 7.11. The van der Waals surface area contributed by atoms with E-state index in [1.165, 1.54) is 11.3 Å². The molecule has 1 aromatic heterocycles. The van der Waals surface area contributed by atoms with Gasteiger partial charge in [-0.3, -0.25) is 4.79 Å². The van der Waals surface area contributed by atoms with Crippen LogP contribution in [-0.2, 0) is 29.0 Å². The molecule has 1 aromatic rings. The Morgan fingerprint density at radius 3 is 2.86 bits per heavy atom. The number of aromatic nitrogens is 1. The van der Waals surface area contributed by atoms with Gasteiger partial charge in [0.2, 0.25) is 0 Å². The lowest BCUT2D eigenvalue weighted by atomic mass is 10.2. The minimum Gasteiger partial charge on any atom is -0.481 e. The molecule has 1 rings (SSSR count). The molecule has 4 nitrogen and oxygen atoms in total. The monoisotopic (exact) mass is 215 g/mol. The summed E-state index contributed by atoms with van der Waals surface area (Å²) in [4.78, 5) is 15.7. The number of hydrogen-bond acceptors (Lipinski definition) is 4.